The van der Waals surface area contributed by atoms with Crippen molar-refractivity contribution < 1.29 is 0 Å². The highest BCUT2D eigenvalue weighted by atomic mass is 35.5. The van der Waals surface area contributed by atoms with Gasteiger partial charge in [-0.15, -0.1) is 0 Å². The van der Waals surface area contributed by atoms with Crippen LogP contribution in [0.4, 0.5) is 5.69 Å². The van der Waals surface area contributed by atoms with E-state index < -0.39 is 0 Å². The highest BCUT2D eigenvalue weighted by Gasteiger charge is 2.08. The highest BCUT2D eigenvalue weighted by Crippen LogP contribution is 2.21. The summed E-state index contributed by atoms with van der Waals surface area (Å²) in [6.45, 7) is 3.82. The Morgan fingerprint density at radius 2 is 1.86 bits per heavy atom. The molecule has 3 nitrogen and oxygen atoms in total. The van der Waals surface area contributed by atoms with Gasteiger partial charge in [0.15, 0.2) is 0 Å². The first-order chi connectivity index (χ1) is 10.3. The first kappa shape index (κ1) is 14.0. The van der Waals surface area contributed by atoms with Crippen LogP contribution in [0.25, 0.3) is 11.0 Å². The van der Waals surface area contributed by atoms with E-state index in [1.54, 1.807) is 0 Å². The molecule has 0 unspecified atom stereocenters. The average molecular weight is 300 g/mol. The molecule has 0 fully saturated rings. The van der Waals surface area contributed by atoms with Crippen LogP contribution in [0.5, 0.6) is 0 Å². The minimum Gasteiger partial charge on any atom is -0.382 e. The second kappa shape index (κ2) is 6.19. The molecule has 108 valence electrons. The molecule has 1 heterocycles. The highest BCUT2D eigenvalue weighted by molar-refractivity contribution is 6.33. The predicted molar refractivity (Wildman–Crippen MR) is 89.1 cm³/mol. The van der Waals surface area contributed by atoms with Crippen LogP contribution in [-0.2, 0) is 13.0 Å². The Bertz CT molecular complexity index is 749. The van der Waals surface area contributed by atoms with Gasteiger partial charge in [0.1, 0.15) is 5.82 Å². The van der Waals surface area contributed by atoms with Gasteiger partial charge in [-0.2, -0.15) is 0 Å². The van der Waals surface area contributed by atoms with Crippen LogP contribution >= 0.6 is 11.6 Å². The molecule has 0 saturated carbocycles. The Hall–Kier alpha value is -2.00. The monoisotopic (exact) mass is 299 g/mol. The second-order valence-electron chi connectivity index (χ2n) is 4.93. The molecule has 0 aliphatic heterocycles. The van der Waals surface area contributed by atoms with Crippen molar-refractivity contribution in [3.8, 4) is 0 Å². The number of fused-ring (bicyclic) bond motifs is 1. The van der Waals surface area contributed by atoms with Gasteiger partial charge in [-0.3, -0.25) is 0 Å². The van der Waals surface area contributed by atoms with E-state index in [0.717, 1.165) is 41.6 Å². The van der Waals surface area contributed by atoms with Gasteiger partial charge in [-0.05, 0) is 24.3 Å². The lowest BCUT2D eigenvalue weighted by Crippen LogP contribution is -2.12. The van der Waals surface area contributed by atoms with Crippen LogP contribution in [0.1, 0.15) is 12.7 Å². The smallest absolute Gasteiger partial charge is 0.109 e. The van der Waals surface area contributed by atoms with Gasteiger partial charge in [-0.25, -0.2) is 4.98 Å². The number of nitrogens with one attached hydrogen (secondary N) is 1. The van der Waals surface area contributed by atoms with Crippen molar-refractivity contribution in [3.05, 3.63) is 59.4 Å². The molecule has 1 aromatic heterocycles. The standard InChI is InChI=1S/C17H18ClN3/c1-2-17-20-15-9-5-6-10-16(15)21(17)12-11-19-14-8-4-3-7-13(14)18/h3-10,19H,2,11-12H2,1H3. The van der Waals surface area contributed by atoms with E-state index in [0.29, 0.717) is 0 Å². The maximum Gasteiger partial charge on any atom is 0.109 e. The Kier molecular flexibility index (Phi) is 4.11. The van der Waals surface area contributed by atoms with Crippen LogP contribution in [0, 0.1) is 0 Å². The summed E-state index contributed by atoms with van der Waals surface area (Å²) in [5, 5.41) is 4.14. The van der Waals surface area contributed by atoms with Crippen molar-refractivity contribution in [3.63, 3.8) is 0 Å². The van der Waals surface area contributed by atoms with E-state index in [1.165, 1.54) is 5.52 Å². The summed E-state index contributed by atoms with van der Waals surface area (Å²) in [6.07, 6.45) is 0.931. The number of hydrogen-bond donors (Lipinski definition) is 1. The molecular weight excluding hydrogens is 282 g/mol. The summed E-state index contributed by atoms with van der Waals surface area (Å²) in [6, 6.07) is 16.1. The molecule has 0 radical (unpaired) electrons. The molecule has 1 N–H and O–H groups in total. The summed E-state index contributed by atoms with van der Waals surface area (Å²) in [5.74, 6) is 1.12. The third-order valence-corrected chi connectivity index (χ3v) is 3.90. The molecule has 3 rings (SSSR count). The average Bonchev–Trinajstić information content (AvgIpc) is 2.87. The fourth-order valence-corrected chi connectivity index (χ4v) is 2.75. The summed E-state index contributed by atoms with van der Waals surface area (Å²) in [4.78, 5) is 4.68. The van der Waals surface area contributed by atoms with Gasteiger partial charge in [0.25, 0.3) is 0 Å². The van der Waals surface area contributed by atoms with Gasteiger partial charge in [-0.1, -0.05) is 42.8 Å². The van der Waals surface area contributed by atoms with E-state index in [-0.39, 0.29) is 0 Å². The number of hydrogen-bond acceptors (Lipinski definition) is 2. The molecule has 0 aliphatic carbocycles. The van der Waals surface area contributed by atoms with Crippen molar-refractivity contribution >= 4 is 28.3 Å². The van der Waals surface area contributed by atoms with Crippen LogP contribution < -0.4 is 5.32 Å². The number of aryl methyl sites for hydroxylation is 1. The molecule has 0 spiro atoms. The quantitative estimate of drug-likeness (QED) is 0.758. The van der Waals surface area contributed by atoms with E-state index in [9.17, 15) is 0 Å². The Morgan fingerprint density at radius 1 is 1.10 bits per heavy atom. The number of aromatic nitrogens is 2. The van der Waals surface area contributed by atoms with Crippen LogP contribution in [0.2, 0.25) is 5.02 Å². The maximum absolute atomic E-state index is 6.16. The van der Waals surface area contributed by atoms with E-state index in [1.807, 2.05) is 30.3 Å². The normalized spacial score (nSPS) is 11.0. The second-order valence-corrected chi connectivity index (χ2v) is 5.34. The Morgan fingerprint density at radius 3 is 2.67 bits per heavy atom. The first-order valence-electron chi connectivity index (χ1n) is 7.22. The third-order valence-electron chi connectivity index (χ3n) is 3.57. The number of halogens is 1. The molecule has 3 aromatic rings. The fourth-order valence-electron chi connectivity index (χ4n) is 2.55. The number of benzene rings is 2. The molecule has 0 saturated heterocycles. The van der Waals surface area contributed by atoms with Gasteiger partial charge in [0, 0.05) is 19.5 Å². The topological polar surface area (TPSA) is 29.9 Å². The minimum absolute atomic E-state index is 0.753. The minimum atomic E-state index is 0.753. The van der Waals surface area contributed by atoms with E-state index in [2.05, 4.69) is 40.0 Å². The summed E-state index contributed by atoms with van der Waals surface area (Å²) < 4.78 is 2.28. The molecule has 0 aliphatic rings. The van der Waals surface area contributed by atoms with Crippen molar-refractivity contribution in [2.24, 2.45) is 0 Å². The number of para-hydroxylation sites is 3. The first-order valence-corrected chi connectivity index (χ1v) is 7.60. The van der Waals surface area contributed by atoms with Crippen LogP contribution in [0.3, 0.4) is 0 Å². The molecule has 2 aromatic carbocycles. The molecule has 4 heteroatoms. The summed E-state index contributed by atoms with van der Waals surface area (Å²) in [5.41, 5.74) is 3.23. The van der Waals surface area contributed by atoms with Crippen molar-refractivity contribution in [1.82, 2.24) is 9.55 Å². The van der Waals surface area contributed by atoms with Crippen LogP contribution in [-0.4, -0.2) is 16.1 Å². The molecule has 0 bridgehead atoms. The van der Waals surface area contributed by atoms with E-state index in [4.69, 9.17) is 11.6 Å². The molecule has 0 atom stereocenters. The van der Waals surface area contributed by atoms with Crippen LogP contribution in [0.15, 0.2) is 48.5 Å². The lowest BCUT2D eigenvalue weighted by Gasteiger charge is -2.11. The Labute approximate surface area is 129 Å². The van der Waals surface area contributed by atoms with Gasteiger partial charge < -0.3 is 9.88 Å². The zero-order valence-electron chi connectivity index (χ0n) is 12.0. The SMILES string of the molecule is CCc1nc2ccccc2n1CCNc1ccccc1Cl. The zero-order chi connectivity index (χ0) is 14.7. The summed E-state index contributed by atoms with van der Waals surface area (Å²) >= 11 is 6.16. The molecule has 21 heavy (non-hydrogen) atoms. The summed E-state index contributed by atoms with van der Waals surface area (Å²) in [7, 11) is 0. The number of anilines is 1. The Balaban J connectivity index is 1.77. The van der Waals surface area contributed by atoms with Gasteiger partial charge in [0.05, 0.1) is 21.7 Å². The molecular formula is C17H18ClN3. The van der Waals surface area contributed by atoms with Crippen molar-refractivity contribution in [2.75, 3.05) is 11.9 Å². The lowest BCUT2D eigenvalue weighted by molar-refractivity contribution is 0.700. The van der Waals surface area contributed by atoms with Gasteiger partial charge in [0.2, 0.25) is 0 Å². The predicted octanol–water partition coefficient (Wildman–Crippen LogP) is 4.36. The largest absolute Gasteiger partial charge is 0.382 e. The van der Waals surface area contributed by atoms with Crippen molar-refractivity contribution in [2.45, 2.75) is 19.9 Å². The van der Waals surface area contributed by atoms with Crippen molar-refractivity contribution in [1.29, 1.82) is 0 Å². The maximum atomic E-state index is 6.16. The van der Waals surface area contributed by atoms with Gasteiger partial charge >= 0.3 is 0 Å². The number of rotatable bonds is 5. The number of imidazole rings is 1. The lowest BCUT2D eigenvalue weighted by atomic mass is 10.3. The number of nitrogens with zero attached hydrogens (tertiary/aromatic N) is 2. The molecule has 0 amide bonds. The zero-order valence-corrected chi connectivity index (χ0v) is 12.8. The third kappa shape index (κ3) is 2.88. The van der Waals surface area contributed by atoms with E-state index >= 15 is 0 Å². The fraction of sp³-hybridized carbons (Fsp3) is 0.235.